The third-order valence-corrected chi connectivity index (χ3v) is 5.72. The van der Waals surface area contributed by atoms with Gasteiger partial charge in [-0.15, -0.1) is 0 Å². The highest BCUT2D eigenvalue weighted by Crippen LogP contribution is 2.25. The molecule has 0 bridgehead atoms. The van der Waals surface area contributed by atoms with Crippen LogP contribution in [0, 0.1) is 5.92 Å². The van der Waals surface area contributed by atoms with Gasteiger partial charge in [0.15, 0.2) is 0 Å². The van der Waals surface area contributed by atoms with E-state index >= 15 is 0 Å². The third-order valence-electron chi connectivity index (χ3n) is 5.72. The molecule has 0 saturated carbocycles. The Morgan fingerprint density at radius 1 is 1.00 bits per heavy atom. The highest BCUT2D eigenvalue weighted by Gasteiger charge is 2.31. The van der Waals surface area contributed by atoms with Crippen LogP contribution in [0.2, 0.25) is 0 Å². The number of carbonyl (C=O) groups is 1. The van der Waals surface area contributed by atoms with E-state index in [0.29, 0.717) is 18.1 Å². The first kappa shape index (κ1) is 16.0. The summed E-state index contributed by atoms with van der Waals surface area (Å²) in [5.41, 5.74) is 0. The van der Waals surface area contributed by atoms with Crippen molar-refractivity contribution >= 4 is 5.91 Å². The highest BCUT2D eigenvalue weighted by atomic mass is 16.5. The molecule has 1 atom stereocenters. The fraction of sp³-hybridized carbons (Fsp3) is 0.833. The monoisotopic (exact) mass is 306 g/mol. The van der Waals surface area contributed by atoms with Crippen LogP contribution in [0.15, 0.2) is 12.2 Å². The van der Waals surface area contributed by atoms with Crippen molar-refractivity contribution in [2.45, 2.75) is 57.1 Å². The van der Waals surface area contributed by atoms with Crippen molar-refractivity contribution in [3.05, 3.63) is 12.2 Å². The molecule has 1 aliphatic carbocycles. The molecule has 3 aliphatic rings. The van der Waals surface area contributed by atoms with Crippen molar-refractivity contribution < 1.29 is 9.53 Å². The van der Waals surface area contributed by atoms with Crippen LogP contribution in [0.25, 0.3) is 0 Å². The van der Waals surface area contributed by atoms with Crippen molar-refractivity contribution in [1.82, 2.24) is 9.80 Å². The lowest BCUT2D eigenvalue weighted by Crippen LogP contribution is -2.50. The number of piperidine rings is 2. The predicted molar refractivity (Wildman–Crippen MR) is 87.7 cm³/mol. The first-order chi connectivity index (χ1) is 10.8. The van der Waals surface area contributed by atoms with E-state index in [1.54, 1.807) is 0 Å². The number of hydrogen-bond acceptors (Lipinski definition) is 3. The first-order valence-corrected chi connectivity index (χ1v) is 8.98. The summed E-state index contributed by atoms with van der Waals surface area (Å²) in [5, 5.41) is 0. The topological polar surface area (TPSA) is 32.8 Å². The summed E-state index contributed by atoms with van der Waals surface area (Å²) in [7, 11) is 1.82. The summed E-state index contributed by atoms with van der Waals surface area (Å²) in [4.78, 5) is 17.3. The summed E-state index contributed by atoms with van der Waals surface area (Å²) >= 11 is 0. The van der Waals surface area contributed by atoms with Crippen molar-refractivity contribution in [2.24, 2.45) is 5.92 Å². The van der Waals surface area contributed by atoms with Crippen LogP contribution in [0.5, 0.6) is 0 Å². The van der Waals surface area contributed by atoms with E-state index in [-0.39, 0.29) is 5.92 Å². The van der Waals surface area contributed by atoms with Crippen molar-refractivity contribution in [1.29, 1.82) is 0 Å². The molecular formula is C18H30N2O2. The number of allylic oxidation sites excluding steroid dienone is 2. The van der Waals surface area contributed by atoms with E-state index in [0.717, 1.165) is 71.1 Å². The number of hydrogen-bond donors (Lipinski definition) is 0. The zero-order valence-corrected chi connectivity index (χ0v) is 13.9. The molecule has 4 nitrogen and oxygen atoms in total. The number of rotatable bonds is 3. The lowest BCUT2D eigenvalue weighted by atomic mass is 9.91. The van der Waals surface area contributed by atoms with E-state index in [2.05, 4.69) is 22.0 Å². The zero-order chi connectivity index (χ0) is 15.4. The Balaban J connectivity index is 1.44. The van der Waals surface area contributed by atoms with Gasteiger partial charge < -0.3 is 14.5 Å². The van der Waals surface area contributed by atoms with Gasteiger partial charge in [-0.25, -0.2) is 0 Å². The Kier molecular flexibility index (Phi) is 5.53. The summed E-state index contributed by atoms with van der Waals surface area (Å²) < 4.78 is 5.46. The number of ether oxygens (including phenoxy) is 1. The minimum absolute atomic E-state index is 0.249. The van der Waals surface area contributed by atoms with Crippen LogP contribution in [-0.2, 0) is 9.53 Å². The molecule has 2 aliphatic heterocycles. The quantitative estimate of drug-likeness (QED) is 0.751. The molecule has 0 radical (unpaired) electrons. The molecule has 2 fully saturated rings. The predicted octanol–water partition coefficient (Wildman–Crippen LogP) is 2.44. The fourth-order valence-corrected chi connectivity index (χ4v) is 4.20. The second-order valence-electron chi connectivity index (χ2n) is 7.01. The second kappa shape index (κ2) is 7.60. The number of methoxy groups -OCH3 is 1. The molecule has 0 aromatic heterocycles. The second-order valence-corrected chi connectivity index (χ2v) is 7.01. The minimum atomic E-state index is 0.249. The summed E-state index contributed by atoms with van der Waals surface area (Å²) in [6.45, 7) is 4.22. The number of amides is 1. The molecule has 0 unspecified atom stereocenters. The van der Waals surface area contributed by atoms with E-state index in [4.69, 9.17) is 4.74 Å². The zero-order valence-electron chi connectivity index (χ0n) is 13.9. The Morgan fingerprint density at radius 3 is 2.32 bits per heavy atom. The molecule has 4 heteroatoms. The highest BCUT2D eigenvalue weighted by molar-refractivity contribution is 5.79. The molecule has 22 heavy (non-hydrogen) atoms. The Morgan fingerprint density at radius 2 is 1.73 bits per heavy atom. The van der Waals surface area contributed by atoms with Crippen LogP contribution >= 0.6 is 0 Å². The minimum Gasteiger partial charge on any atom is -0.381 e. The average Bonchev–Trinajstić information content (AvgIpc) is 2.62. The molecular weight excluding hydrogens is 276 g/mol. The van der Waals surface area contributed by atoms with Gasteiger partial charge in [-0.2, -0.15) is 0 Å². The SMILES string of the molecule is COC1CCN(C2CCN(C(=O)[C@H]3CC=CCC3)CC2)CC1. The van der Waals surface area contributed by atoms with Crippen LogP contribution < -0.4 is 0 Å². The van der Waals surface area contributed by atoms with E-state index in [1.165, 1.54) is 0 Å². The summed E-state index contributed by atoms with van der Waals surface area (Å²) in [6, 6.07) is 0.674. The van der Waals surface area contributed by atoms with Gasteiger partial charge >= 0.3 is 0 Å². The van der Waals surface area contributed by atoms with E-state index < -0.39 is 0 Å². The van der Waals surface area contributed by atoms with E-state index in [9.17, 15) is 4.79 Å². The maximum Gasteiger partial charge on any atom is 0.226 e. The van der Waals surface area contributed by atoms with Gasteiger partial charge in [-0.3, -0.25) is 4.79 Å². The van der Waals surface area contributed by atoms with Crippen molar-refractivity contribution in [3.8, 4) is 0 Å². The summed E-state index contributed by atoms with van der Waals surface area (Å²) in [5.74, 6) is 0.653. The van der Waals surface area contributed by atoms with Crippen LogP contribution in [0.1, 0.15) is 44.9 Å². The normalized spacial score (nSPS) is 29.0. The molecule has 0 aromatic rings. The Bertz CT molecular complexity index is 394. The first-order valence-electron chi connectivity index (χ1n) is 8.98. The molecule has 124 valence electrons. The average molecular weight is 306 g/mol. The third kappa shape index (κ3) is 3.72. The van der Waals surface area contributed by atoms with Gasteiger partial charge in [-0.1, -0.05) is 12.2 Å². The Labute approximate surface area is 134 Å². The summed E-state index contributed by atoms with van der Waals surface area (Å²) in [6.07, 6.45) is 12.5. The molecule has 0 spiro atoms. The lowest BCUT2D eigenvalue weighted by Gasteiger charge is -2.42. The van der Waals surface area contributed by atoms with Gasteiger partial charge in [0.2, 0.25) is 5.91 Å². The van der Waals surface area contributed by atoms with Crippen LogP contribution in [0.4, 0.5) is 0 Å². The van der Waals surface area contributed by atoms with Gasteiger partial charge in [0.1, 0.15) is 0 Å². The molecule has 0 aromatic carbocycles. The largest absolute Gasteiger partial charge is 0.381 e. The standard InChI is InChI=1S/C18H30N2O2/c1-22-17-9-13-19(14-10-17)16-7-11-20(12-8-16)18(21)15-5-3-2-4-6-15/h2-3,15-17H,4-14H2,1H3/t15-/m0/s1. The number of likely N-dealkylation sites (tertiary alicyclic amines) is 2. The van der Waals surface area contributed by atoms with Crippen LogP contribution in [-0.4, -0.2) is 61.1 Å². The molecule has 3 rings (SSSR count). The number of carbonyl (C=O) groups excluding carboxylic acids is 1. The smallest absolute Gasteiger partial charge is 0.226 e. The molecule has 2 heterocycles. The van der Waals surface area contributed by atoms with Gasteiger partial charge in [0.25, 0.3) is 0 Å². The van der Waals surface area contributed by atoms with Gasteiger partial charge in [-0.05, 0) is 44.9 Å². The lowest BCUT2D eigenvalue weighted by molar-refractivity contribution is -0.137. The van der Waals surface area contributed by atoms with Crippen molar-refractivity contribution in [2.75, 3.05) is 33.3 Å². The van der Waals surface area contributed by atoms with Crippen molar-refractivity contribution in [3.63, 3.8) is 0 Å². The maximum absolute atomic E-state index is 12.6. The van der Waals surface area contributed by atoms with Crippen LogP contribution in [0.3, 0.4) is 0 Å². The molecule has 0 N–H and O–H groups in total. The fourth-order valence-electron chi connectivity index (χ4n) is 4.20. The molecule has 2 saturated heterocycles. The number of nitrogens with zero attached hydrogens (tertiary/aromatic N) is 2. The molecule has 1 amide bonds. The van der Waals surface area contributed by atoms with Gasteiger partial charge in [0, 0.05) is 45.2 Å². The van der Waals surface area contributed by atoms with Gasteiger partial charge in [0.05, 0.1) is 6.10 Å². The Hall–Kier alpha value is -0.870. The van der Waals surface area contributed by atoms with E-state index in [1.807, 2.05) is 7.11 Å². The maximum atomic E-state index is 12.6.